The van der Waals surface area contributed by atoms with E-state index in [2.05, 4.69) is 62.4 Å². The average molecular weight is 661 g/mol. The van der Waals surface area contributed by atoms with E-state index in [0.717, 1.165) is 32.8 Å². The molecule has 0 amide bonds. The predicted octanol–water partition coefficient (Wildman–Crippen LogP) is 6.78. The molecule has 0 saturated carbocycles. The minimum absolute atomic E-state index is 0.207. The molecule has 0 fully saturated rings. The molecule has 0 spiro atoms. The van der Waals surface area contributed by atoms with E-state index in [4.69, 9.17) is 8.85 Å². The zero-order valence-electron chi connectivity index (χ0n) is 27.1. The maximum atomic E-state index is 14.9. The van der Waals surface area contributed by atoms with Crippen LogP contribution in [0.2, 0.25) is 12.1 Å². The van der Waals surface area contributed by atoms with Crippen molar-refractivity contribution in [2.45, 2.75) is 25.9 Å². The normalized spacial score (nSPS) is 12.6. The summed E-state index contributed by atoms with van der Waals surface area (Å²) in [6.45, 7) is 4.27. The highest BCUT2D eigenvalue weighted by molar-refractivity contribution is 6.98. The molecule has 4 nitrogen and oxygen atoms in total. The molecule has 6 aromatic rings. The van der Waals surface area contributed by atoms with Crippen LogP contribution < -0.4 is 29.6 Å². The largest absolute Gasteiger partial charge is 0.534 e. The second-order valence-electron chi connectivity index (χ2n) is 12.0. The van der Waals surface area contributed by atoms with Crippen LogP contribution in [0.3, 0.4) is 0 Å². The van der Waals surface area contributed by atoms with Crippen molar-refractivity contribution in [3.8, 4) is 11.5 Å². The Hall–Kier alpha value is -5.31. The summed E-state index contributed by atoms with van der Waals surface area (Å²) in [5.74, 6) is 0.392. The van der Waals surface area contributed by atoms with Gasteiger partial charge in [0, 0.05) is 11.1 Å². The summed E-state index contributed by atoms with van der Waals surface area (Å²) in [5.41, 5.74) is 1.30. The van der Waals surface area contributed by atoms with E-state index in [9.17, 15) is 9.59 Å². The number of benzene rings is 6. The van der Waals surface area contributed by atoms with E-state index in [1.54, 1.807) is 12.1 Å². The lowest BCUT2D eigenvalue weighted by Crippen LogP contribution is -2.63. The molecule has 48 heavy (non-hydrogen) atoms. The van der Waals surface area contributed by atoms with Crippen molar-refractivity contribution in [1.29, 1.82) is 0 Å². The molecule has 236 valence electrons. The Morgan fingerprint density at radius 1 is 0.396 bits per heavy atom. The second kappa shape index (κ2) is 13.1. The van der Waals surface area contributed by atoms with Crippen molar-refractivity contribution in [3.05, 3.63) is 180 Å². The van der Waals surface area contributed by atoms with Gasteiger partial charge in [-0.2, -0.15) is 0 Å². The van der Waals surface area contributed by atoms with Crippen LogP contribution in [0, 0.1) is 0 Å². The first kappa shape index (κ1) is 31.3. The summed E-state index contributed by atoms with van der Waals surface area (Å²) >= 11 is 0. The van der Waals surface area contributed by atoms with Gasteiger partial charge >= 0.3 is 16.6 Å². The standard InChI is InChI=1S/C42H36O4Si2/c1-3-47(31-19-9-5-10-20-31,32-21-11-6-12-22-32)45-37-29-17-27-35-39(37)42(44)40-36(41(35)43)28-18-30-38(40)46-48(4-2,33-23-13-7-14-24-33)34-25-15-8-16-26-34/h5-30H,3-4H2,1-2H3. The topological polar surface area (TPSA) is 52.6 Å². The molecule has 0 saturated heterocycles. The number of carbonyl (C=O) groups excluding carboxylic acids is 2. The van der Waals surface area contributed by atoms with E-state index in [0.29, 0.717) is 33.8 Å². The second-order valence-corrected chi connectivity index (χ2v) is 19.5. The van der Waals surface area contributed by atoms with E-state index < -0.39 is 16.6 Å². The van der Waals surface area contributed by atoms with Crippen LogP contribution in [0.1, 0.15) is 45.7 Å². The Bertz CT molecular complexity index is 1850. The van der Waals surface area contributed by atoms with Gasteiger partial charge in [0.1, 0.15) is 11.5 Å². The molecule has 0 aliphatic heterocycles. The van der Waals surface area contributed by atoms with Crippen LogP contribution >= 0.6 is 0 Å². The van der Waals surface area contributed by atoms with Crippen molar-refractivity contribution in [2.24, 2.45) is 0 Å². The van der Waals surface area contributed by atoms with Crippen LogP contribution in [0.25, 0.3) is 0 Å². The molecule has 1 aliphatic carbocycles. The van der Waals surface area contributed by atoms with Gasteiger partial charge < -0.3 is 8.85 Å². The maximum absolute atomic E-state index is 14.9. The summed E-state index contributed by atoms with van der Waals surface area (Å²) in [7, 11) is -5.80. The van der Waals surface area contributed by atoms with Crippen LogP contribution in [-0.4, -0.2) is 28.2 Å². The molecule has 6 aromatic carbocycles. The highest BCUT2D eigenvalue weighted by Gasteiger charge is 2.44. The Morgan fingerprint density at radius 2 is 0.708 bits per heavy atom. The summed E-state index contributed by atoms with van der Waals surface area (Å²) in [5, 5.41) is 4.39. The van der Waals surface area contributed by atoms with Gasteiger partial charge in [-0.1, -0.05) is 159 Å². The minimum atomic E-state index is -2.90. The molecular formula is C42H36O4Si2. The fourth-order valence-electron chi connectivity index (χ4n) is 7.08. The van der Waals surface area contributed by atoms with E-state index in [1.807, 2.05) is 97.1 Å². The van der Waals surface area contributed by atoms with Crippen LogP contribution in [0.15, 0.2) is 158 Å². The minimum Gasteiger partial charge on any atom is -0.534 e. The molecular weight excluding hydrogens is 625 g/mol. The summed E-state index contributed by atoms with van der Waals surface area (Å²) in [4.78, 5) is 29.2. The highest BCUT2D eigenvalue weighted by Crippen LogP contribution is 2.39. The molecule has 0 aromatic heterocycles. The van der Waals surface area contributed by atoms with Gasteiger partial charge in [-0.3, -0.25) is 9.59 Å². The number of hydrogen-bond acceptors (Lipinski definition) is 4. The van der Waals surface area contributed by atoms with Crippen molar-refractivity contribution >= 4 is 48.9 Å². The third-order valence-corrected chi connectivity index (χ3v) is 17.7. The average Bonchev–Trinajstić information content (AvgIpc) is 3.16. The van der Waals surface area contributed by atoms with E-state index in [-0.39, 0.29) is 11.6 Å². The van der Waals surface area contributed by atoms with Crippen LogP contribution in [0.4, 0.5) is 0 Å². The molecule has 6 heteroatoms. The van der Waals surface area contributed by atoms with Gasteiger partial charge in [0.2, 0.25) is 5.78 Å². The Morgan fingerprint density at radius 3 is 1.00 bits per heavy atom. The first-order chi connectivity index (χ1) is 23.5. The maximum Gasteiger partial charge on any atom is 0.314 e. The predicted molar refractivity (Wildman–Crippen MR) is 198 cm³/mol. The summed E-state index contributed by atoms with van der Waals surface area (Å²) in [6.07, 6.45) is 0. The van der Waals surface area contributed by atoms with Crippen LogP contribution in [0.5, 0.6) is 11.5 Å². The molecule has 0 radical (unpaired) electrons. The van der Waals surface area contributed by atoms with E-state index >= 15 is 0 Å². The highest BCUT2D eigenvalue weighted by atomic mass is 28.4. The lowest BCUT2D eigenvalue weighted by Gasteiger charge is -2.35. The molecule has 7 rings (SSSR count). The number of hydrogen-bond donors (Lipinski definition) is 0. The zero-order valence-corrected chi connectivity index (χ0v) is 29.1. The Balaban J connectivity index is 1.38. The fourth-order valence-corrected chi connectivity index (χ4v) is 14.2. The monoisotopic (exact) mass is 660 g/mol. The SMILES string of the molecule is CC[Si](Oc1cccc2c1C(=O)c1c(O[Si](CC)(c3ccccc3)c3ccccc3)cccc1C2=O)(c1ccccc1)c1ccccc1. The Labute approximate surface area is 283 Å². The van der Waals surface area contributed by atoms with Gasteiger partial charge in [0.25, 0.3) is 0 Å². The van der Waals surface area contributed by atoms with Crippen molar-refractivity contribution in [2.75, 3.05) is 0 Å². The smallest absolute Gasteiger partial charge is 0.314 e. The third-order valence-electron chi connectivity index (χ3n) is 9.52. The van der Waals surface area contributed by atoms with Crippen molar-refractivity contribution in [1.82, 2.24) is 0 Å². The van der Waals surface area contributed by atoms with Gasteiger partial charge in [0.05, 0.1) is 11.1 Å². The fraction of sp³-hybridized carbons (Fsp3) is 0.0952. The summed E-state index contributed by atoms with van der Waals surface area (Å²) in [6, 6.07) is 53.3. The molecule has 0 unspecified atom stereocenters. The number of ketones is 2. The first-order valence-electron chi connectivity index (χ1n) is 16.5. The van der Waals surface area contributed by atoms with Crippen molar-refractivity contribution in [3.63, 3.8) is 0 Å². The lowest BCUT2D eigenvalue weighted by atomic mass is 9.83. The quantitative estimate of drug-likeness (QED) is 0.152. The van der Waals surface area contributed by atoms with Gasteiger partial charge in [-0.25, -0.2) is 0 Å². The molecule has 0 heterocycles. The van der Waals surface area contributed by atoms with Crippen molar-refractivity contribution < 1.29 is 18.4 Å². The molecule has 0 atom stereocenters. The van der Waals surface area contributed by atoms with E-state index in [1.165, 1.54) is 0 Å². The lowest BCUT2D eigenvalue weighted by molar-refractivity contribution is 0.0976. The zero-order chi connectivity index (χ0) is 33.1. The first-order valence-corrected chi connectivity index (χ1v) is 20.7. The summed E-state index contributed by atoms with van der Waals surface area (Å²) < 4.78 is 14.4. The number of carbonyl (C=O) groups is 2. The van der Waals surface area contributed by atoms with Gasteiger partial charge in [-0.15, -0.1) is 0 Å². The third kappa shape index (κ3) is 5.23. The van der Waals surface area contributed by atoms with Gasteiger partial charge in [0.15, 0.2) is 5.78 Å². The molecule has 0 N–H and O–H groups in total. The number of rotatable bonds is 10. The number of fused-ring (bicyclic) bond motifs is 2. The van der Waals surface area contributed by atoms with Crippen LogP contribution in [-0.2, 0) is 0 Å². The molecule has 1 aliphatic rings. The molecule has 0 bridgehead atoms. The van der Waals surface area contributed by atoms with Gasteiger partial charge in [-0.05, 0) is 45.0 Å². The Kier molecular flexibility index (Phi) is 8.52.